The molecule has 1 aromatic carbocycles. The molecule has 0 fully saturated rings. The molecule has 0 aliphatic carbocycles. The lowest BCUT2D eigenvalue weighted by Crippen LogP contribution is -2.35. The molecule has 0 heterocycles. The second-order valence-corrected chi connectivity index (χ2v) is 5.06. The van der Waals surface area contributed by atoms with Gasteiger partial charge in [-0.3, -0.25) is 0 Å². The highest BCUT2D eigenvalue weighted by atomic mass is 16.5. The van der Waals surface area contributed by atoms with Crippen molar-refractivity contribution in [1.82, 2.24) is 5.32 Å². The molecule has 0 aliphatic rings. The molecule has 2 heteroatoms. The summed E-state index contributed by atoms with van der Waals surface area (Å²) in [5.41, 5.74) is 1.14. The number of benzene rings is 1. The van der Waals surface area contributed by atoms with Crippen molar-refractivity contribution in [3.63, 3.8) is 0 Å². The van der Waals surface area contributed by atoms with Gasteiger partial charge >= 0.3 is 0 Å². The van der Waals surface area contributed by atoms with Gasteiger partial charge in [0.25, 0.3) is 0 Å². The number of nitrogens with one attached hydrogen (secondary N) is 1. The topological polar surface area (TPSA) is 21.3 Å². The molecule has 106 valence electrons. The SMILES string of the molecule is CC=Cc1ccccc1OC(C)CNC(C)CCC. The Labute approximate surface area is 117 Å². The number of ether oxygens (including phenoxy) is 1. The number of rotatable bonds is 8. The molecule has 1 rings (SSSR count). The van der Waals surface area contributed by atoms with Crippen LogP contribution in [0, 0.1) is 0 Å². The summed E-state index contributed by atoms with van der Waals surface area (Å²) in [6, 6.07) is 8.72. The van der Waals surface area contributed by atoms with Gasteiger partial charge in [-0.1, -0.05) is 43.7 Å². The molecule has 2 unspecified atom stereocenters. The molecule has 2 atom stereocenters. The van der Waals surface area contributed by atoms with E-state index in [9.17, 15) is 0 Å². The molecule has 1 N–H and O–H groups in total. The van der Waals surface area contributed by atoms with Crippen LogP contribution in [-0.4, -0.2) is 18.7 Å². The summed E-state index contributed by atoms with van der Waals surface area (Å²) in [5, 5.41) is 3.51. The first-order chi connectivity index (χ1) is 9.17. The van der Waals surface area contributed by atoms with Crippen molar-refractivity contribution < 1.29 is 4.74 Å². The average Bonchev–Trinajstić information content (AvgIpc) is 2.39. The van der Waals surface area contributed by atoms with E-state index >= 15 is 0 Å². The highest BCUT2D eigenvalue weighted by Crippen LogP contribution is 2.20. The molecule has 2 nitrogen and oxygen atoms in total. The summed E-state index contributed by atoms with van der Waals surface area (Å²) in [6.45, 7) is 9.45. The first kappa shape index (κ1) is 15.8. The number of hydrogen-bond donors (Lipinski definition) is 1. The maximum Gasteiger partial charge on any atom is 0.126 e. The van der Waals surface area contributed by atoms with Crippen molar-refractivity contribution in [3.05, 3.63) is 35.9 Å². The fraction of sp³-hybridized carbons (Fsp3) is 0.529. The molecule has 0 aromatic heterocycles. The minimum Gasteiger partial charge on any atom is -0.489 e. The third-order valence-electron chi connectivity index (χ3n) is 3.07. The van der Waals surface area contributed by atoms with Crippen molar-refractivity contribution >= 4 is 6.08 Å². The lowest BCUT2D eigenvalue weighted by molar-refractivity contribution is 0.211. The predicted molar refractivity (Wildman–Crippen MR) is 83.6 cm³/mol. The summed E-state index contributed by atoms with van der Waals surface area (Å²) in [7, 11) is 0. The van der Waals surface area contributed by atoms with Crippen LogP contribution in [0.25, 0.3) is 6.08 Å². The largest absolute Gasteiger partial charge is 0.489 e. The first-order valence-corrected chi connectivity index (χ1v) is 7.29. The van der Waals surface area contributed by atoms with Gasteiger partial charge in [-0.2, -0.15) is 0 Å². The van der Waals surface area contributed by atoms with Gasteiger partial charge in [-0.25, -0.2) is 0 Å². The van der Waals surface area contributed by atoms with Gasteiger partial charge in [-0.05, 0) is 33.3 Å². The Morgan fingerprint density at radius 1 is 1.26 bits per heavy atom. The third kappa shape index (κ3) is 5.93. The lowest BCUT2D eigenvalue weighted by Gasteiger charge is -2.19. The van der Waals surface area contributed by atoms with Crippen LogP contribution in [-0.2, 0) is 0 Å². The molecule has 0 saturated heterocycles. The molecule has 0 amide bonds. The maximum atomic E-state index is 6.01. The Hall–Kier alpha value is -1.28. The number of hydrogen-bond acceptors (Lipinski definition) is 2. The molecule has 0 spiro atoms. The normalized spacial score (nSPS) is 14.5. The standard InChI is InChI=1S/C17H27NO/c1-5-9-14(3)18-13-15(4)19-17-12-8-7-11-16(17)10-6-2/h6-8,10-12,14-15,18H,5,9,13H2,1-4H3. The van der Waals surface area contributed by atoms with E-state index in [-0.39, 0.29) is 6.10 Å². The van der Waals surface area contributed by atoms with Crippen LogP contribution in [0.1, 0.15) is 46.1 Å². The van der Waals surface area contributed by atoms with Crippen LogP contribution >= 0.6 is 0 Å². The van der Waals surface area contributed by atoms with Crippen LogP contribution in [0.3, 0.4) is 0 Å². The Morgan fingerprint density at radius 3 is 2.68 bits per heavy atom. The van der Waals surface area contributed by atoms with Gasteiger partial charge in [0.2, 0.25) is 0 Å². The Bertz CT molecular complexity index is 387. The van der Waals surface area contributed by atoms with Crippen LogP contribution in [0.4, 0.5) is 0 Å². The molecule has 0 radical (unpaired) electrons. The number of para-hydroxylation sites is 1. The van der Waals surface area contributed by atoms with Gasteiger partial charge in [0.1, 0.15) is 11.9 Å². The van der Waals surface area contributed by atoms with Crippen LogP contribution < -0.4 is 10.1 Å². The second kappa shape index (κ2) is 8.76. The van der Waals surface area contributed by atoms with Crippen molar-refractivity contribution in [1.29, 1.82) is 0 Å². The van der Waals surface area contributed by atoms with E-state index in [1.165, 1.54) is 12.8 Å². The second-order valence-electron chi connectivity index (χ2n) is 5.06. The van der Waals surface area contributed by atoms with E-state index in [0.717, 1.165) is 17.9 Å². The lowest BCUT2D eigenvalue weighted by atomic mass is 10.2. The van der Waals surface area contributed by atoms with Crippen LogP contribution in [0.2, 0.25) is 0 Å². The van der Waals surface area contributed by atoms with E-state index in [0.29, 0.717) is 6.04 Å². The highest BCUT2D eigenvalue weighted by molar-refractivity contribution is 5.56. The van der Waals surface area contributed by atoms with Gasteiger partial charge in [-0.15, -0.1) is 0 Å². The summed E-state index contributed by atoms with van der Waals surface area (Å²) in [6.07, 6.45) is 6.71. The minimum absolute atomic E-state index is 0.172. The Kier molecular flexibility index (Phi) is 7.27. The fourth-order valence-corrected chi connectivity index (χ4v) is 2.07. The van der Waals surface area contributed by atoms with E-state index < -0.39 is 0 Å². The van der Waals surface area contributed by atoms with E-state index in [2.05, 4.69) is 38.2 Å². The summed E-state index contributed by atoms with van der Waals surface area (Å²) in [4.78, 5) is 0. The first-order valence-electron chi connectivity index (χ1n) is 7.29. The van der Waals surface area contributed by atoms with Crippen molar-refractivity contribution in [3.8, 4) is 5.75 Å². The summed E-state index contributed by atoms with van der Waals surface area (Å²) in [5.74, 6) is 0.957. The maximum absolute atomic E-state index is 6.01. The summed E-state index contributed by atoms with van der Waals surface area (Å²) < 4.78 is 6.01. The molecule has 1 aromatic rings. The third-order valence-corrected chi connectivity index (χ3v) is 3.07. The van der Waals surface area contributed by atoms with E-state index in [1.807, 2.05) is 31.2 Å². The van der Waals surface area contributed by atoms with Crippen LogP contribution in [0.15, 0.2) is 30.3 Å². The van der Waals surface area contributed by atoms with Gasteiger partial charge in [0, 0.05) is 18.2 Å². The Morgan fingerprint density at radius 2 is 2.00 bits per heavy atom. The quantitative estimate of drug-likeness (QED) is 0.754. The zero-order valence-electron chi connectivity index (χ0n) is 12.6. The predicted octanol–water partition coefficient (Wildman–Crippen LogP) is 4.27. The Balaban J connectivity index is 2.50. The van der Waals surface area contributed by atoms with Crippen LogP contribution in [0.5, 0.6) is 5.75 Å². The van der Waals surface area contributed by atoms with Gasteiger partial charge in [0.15, 0.2) is 0 Å². The monoisotopic (exact) mass is 261 g/mol. The van der Waals surface area contributed by atoms with E-state index in [1.54, 1.807) is 0 Å². The van der Waals surface area contributed by atoms with E-state index in [4.69, 9.17) is 4.74 Å². The molecular weight excluding hydrogens is 234 g/mol. The highest BCUT2D eigenvalue weighted by Gasteiger charge is 2.08. The molecule has 0 aliphatic heterocycles. The van der Waals surface area contributed by atoms with Crippen molar-refractivity contribution in [2.45, 2.75) is 52.7 Å². The van der Waals surface area contributed by atoms with Gasteiger partial charge in [0.05, 0.1) is 0 Å². The minimum atomic E-state index is 0.172. The zero-order chi connectivity index (χ0) is 14.1. The van der Waals surface area contributed by atoms with Crippen molar-refractivity contribution in [2.75, 3.05) is 6.54 Å². The summed E-state index contributed by atoms with van der Waals surface area (Å²) >= 11 is 0. The van der Waals surface area contributed by atoms with Crippen molar-refractivity contribution in [2.24, 2.45) is 0 Å². The molecular formula is C17H27NO. The fourth-order valence-electron chi connectivity index (χ4n) is 2.07. The number of allylic oxidation sites excluding steroid dienone is 1. The smallest absolute Gasteiger partial charge is 0.126 e. The zero-order valence-corrected chi connectivity index (χ0v) is 12.6. The molecule has 0 bridgehead atoms. The van der Waals surface area contributed by atoms with Gasteiger partial charge < -0.3 is 10.1 Å². The molecule has 0 saturated carbocycles. The average molecular weight is 261 g/mol. The molecule has 19 heavy (non-hydrogen) atoms.